The van der Waals surface area contributed by atoms with E-state index >= 15 is 0 Å². The minimum Gasteiger partial charge on any atom is -0.355 e. The van der Waals surface area contributed by atoms with Crippen LogP contribution in [-0.2, 0) is 19.2 Å². The minimum absolute atomic E-state index is 0.206. The van der Waals surface area contributed by atoms with Gasteiger partial charge in [0.2, 0.25) is 23.6 Å². The van der Waals surface area contributed by atoms with Gasteiger partial charge in [-0.1, -0.05) is 63.1 Å². The smallest absolute Gasteiger partial charge is 0.243 e. The molecule has 0 fully saturated rings. The molecule has 0 rings (SSSR count). The molecule has 2 atom stereocenters. The van der Waals surface area contributed by atoms with Crippen molar-refractivity contribution in [2.24, 2.45) is 10.8 Å². The Kier molecular flexibility index (Phi) is 12.5. The molecular weight excluding hydrogens is 424 g/mol. The molecule has 0 aliphatic rings. The molecule has 0 heterocycles. The number of rotatable bonds is 11. The van der Waals surface area contributed by atoms with Crippen molar-refractivity contribution in [3.8, 4) is 0 Å². The van der Waals surface area contributed by atoms with Crippen LogP contribution in [-0.4, -0.2) is 60.3 Å². The number of carbonyl (C=O) groups is 4. The molecule has 30 heavy (non-hydrogen) atoms. The Balaban J connectivity index is 4.93. The van der Waals surface area contributed by atoms with Gasteiger partial charge in [-0.05, 0) is 13.8 Å². The van der Waals surface area contributed by atoms with E-state index in [1.165, 1.54) is 21.6 Å². The van der Waals surface area contributed by atoms with Crippen LogP contribution in [0.5, 0.6) is 0 Å². The number of nitrogens with one attached hydrogen (secondary N) is 4. The molecule has 4 N–H and O–H groups in total. The molecule has 0 saturated carbocycles. The molecule has 0 radical (unpaired) electrons. The summed E-state index contributed by atoms with van der Waals surface area (Å²) in [6, 6.07) is -1.36. The average Bonchev–Trinajstić information content (AvgIpc) is 2.61. The van der Waals surface area contributed by atoms with E-state index in [0.717, 1.165) is 0 Å². The maximum absolute atomic E-state index is 12.3. The lowest BCUT2D eigenvalue weighted by molar-refractivity contribution is -0.133. The summed E-state index contributed by atoms with van der Waals surface area (Å²) in [7, 11) is 2.75. The summed E-state index contributed by atoms with van der Waals surface area (Å²) in [5.41, 5.74) is -1.22. The van der Waals surface area contributed by atoms with Gasteiger partial charge in [0.25, 0.3) is 0 Å². The average molecular weight is 463 g/mol. The Morgan fingerprint density at radius 1 is 0.667 bits per heavy atom. The SMILES string of the molecule is CCNC(=O)C(CSSCC(NC(=O)C(C)(C)C)C(=O)NCC)NC(=O)C(C)(C)C. The molecule has 10 heteroatoms. The third-order valence-corrected chi connectivity index (χ3v) is 6.28. The van der Waals surface area contributed by atoms with E-state index < -0.39 is 22.9 Å². The molecule has 0 aromatic heterocycles. The van der Waals surface area contributed by atoms with Crippen LogP contribution in [0.2, 0.25) is 0 Å². The largest absolute Gasteiger partial charge is 0.355 e. The summed E-state index contributed by atoms with van der Waals surface area (Å²) < 4.78 is 0. The highest BCUT2D eigenvalue weighted by atomic mass is 33.1. The van der Waals surface area contributed by atoms with Crippen molar-refractivity contribution in [2.75, 3.05) is 24.6 Å². The van der Waals surface area contributed by atoms with Crippen molar-refractivity contribution in [1.82, 2.24) is 21.3 Å². The second-order valence-electron chi connectivity index (χ2n) is 8.91. The number of hydrogen-bond donors (Lipinski definition) is 4. The quantitative estimate of drug-likeness (QED) is 0.274. The summed E-state index contributed by atoms with van der Waals surface area (Å²) in [5.74, 6) is -0.223. The van der Waals surface area contributed by atoms with Crippen LogP contribution in [0.25, 0.3) is 0 Å². The Morgan fingerprint density at radius 3 is 1.20 bits per heavy atom. The predicted octanol–water partition coefficient (Wildman–Crippen LogP) is 1.70. The second kappa shape index (κ2) is 13.1. The van der Waals surface area contributed by atoms with Gasteiger partial charge in [0, 0.05) is 35.4 Å². The monoisotopic (exact) mass is 462 g/mol. The molecule has 0 aromatic rings. The van der Waals surface area contributed by atoms with Crippen molar-refractivity contribution < 1.29 is 19.2 Å². The predicted molar refractivity (Wildman–Crippen MR) is 125 cm³/mol. The Bertz CT molecular complexity index is 549. The van der Waals surface area contributed by atoms with Gasteiger partial charge in [0.1, 0.15) is 12.1 Å². The third-order valence-electron chi connectivity index (χ3n) is 3.86. The molecule has 0 saturated heterocycles. The molecule has 0 spiro atoms. The van der Waals surface area contributed by atoms with E-state index in [2.05, 4.69) is 21.3 Å². The summed E-state index contributed by atoms with van der Waals surface area (Å²) in [4.78, 5) is 49.2. The van der Waals surface area contributed by atoms with Gasteiger partial charge in [0.05, 0.1) is 0 Å². The fourth-order valence-electron chi connectivity index (χ4n) is 1.94. The van der Waals surface area contributed by atoms with Gasteiger partial charge in [-0.25, -0.2) is 0 Å². The first-order chi connectivity index (χ1) is 13.7. The summed E-state index contributed by atoms with van der Waals surface area (Å²) >= 11 is 0. The van der Waals surface area contributed by atoms with Crippen LogP contribution < -0.4 is 21.3 Å². The first-order valence-electron chi connectivity index (χ1n) is 10.2. The van der Waals surface area contributed by atoms with E-state index in [0.29, 0.717) is 24.6 Å². The highest BCUT2D eigenvalue weighted by Gasteiger charge is 2.29. The summed E-state index contributed by atoms with van der Waals surface area (Å²) in [6.45, 7) is 15.3. The maximum Gasteiger partial charge on any atom is 0.243 e. The molecule has 8 nitrogen and oxygen atoms in total. The Labute approximate surface area is 188 Å². The van der Waals surface area contributed by atoms with Crippen molar-refractivity contribution >= 4 is 45.2 Å². The standard InChI is InChI=1S/C20H38N4O4S2/c1-9-21-15(25)13(23-17(27)19(3,4)5)11-29-30-12-14(16(26)22-10-2)24-18(28)20(6,7)8/h13-14H,9-12H2,1-8H3,(H,21,25)(H,22,26)(H,23,27)(H,24,28). The second-order valence-corrected chi connectivity index (χ2v) is 11.5. The van der Waals surface area contributed by atoms with Crippen LogP contribution in [0.3, 0.4) is 0 Å². The van der Waals surface area contributed by atoms with Gasteiger partial charge in [-0.3, -0.25) is 19.2 Å². The lowest BCUT2D eigenvalue weighted by Gasteiger charge is -2.24. The van der Waals surface area contributed by atoms with E-state index in [1.807, 2.05) is 13.8 Å². The first kappa shape index (κ1) is 28.6. The van der Waals surface area contributed by atoms with Gasteiger partial charge in [-0.15, -0.1) is 0 Å². The van der Waals surface area contributed by atoms with Crippen LogP contribution in [0.1, 0.15) is 55.4 Å². The van der Waals surface area contributed by atoms with Gasteiger partial charge in [-0.2, -0.15) is 0 Å². The topological polar surface area (TPSA) is 116 Å². The zero-order valence-electron chi connectivity index (χ0n) is 19.4. The third kappa shape index (κ3) is 11.1. The number of amides is 4. The van der Waals surface area contributed by atoms with Crippen molar-refractivity contribution in [2.45, 2.75) is 67.5 Å². The highest BCUT2D eigenvalue weighted by Crippen LogP contribution is 2.24. The first-order valence-corrected chi connectivity index (χ1v) is 12.6. The molecule has 0 aromatic carbocycles. The molecule has 0 aliphatic carbocycles. The number of likely N-dealkylation sites (N-methyl/N-ethyl adjacent to an activating group) is 2. The van der Waals surface area contributed by atoms with Crippen LogP contribution in [0.4, 0.5) is 0 Å². The fraction of sp³-hybridized carbons (Fsp3) is 0.800. The van der Waals surface area contributed by atoms with Crippen molar-refractivity contribution in [3.63, 3.8) is 0 Å². The number of carbonyl (C=O) groups excluding carboxylic acids is 4. The maximum atomic E-state index is 12.3. The molecule has 2 unspecified atom stereocenters. The molecular formula is C20H38N4O4S2. The molecule has 4 amide bonds. The van der Waals surface area contributed by atoms with Crippen LogP contribution in [0.15, 0.2) is 0 Å². The summed E-state index contributed by atoms with van der Waals surface area (Å²) in [5, 5.41) is 11.0. The van der Waals surface area contributed by atoms with E-state index in [9.17, 15) is 19.2 Å². The molecule has 0 bridgehead atoms. The molecule has 0 aliphatic heterocycles. The zero-order valence-corrected chi connectivity index (χ0v) is 21.1. The van der Waals surface area contributed by atoms with Crippen LogP contribution >= 0.6 is 21.6 Å². The Morgan fingerprint density at radius 2 is 0.967 bits per heavy atom. The van der Waals surface area contributed by atoms with Crippen molar-refractivity contribution in [3.05, 3.63) is 0 Å². The van der Waals surface area contributed by atoms with E-state index in [-0.39, 0.29) is 23.6 Å². The van der Waals surface area contributed by atoms with Gasteiger partial charge < -0.3 is 21.3 Å². The highest BCUT2D eigenvalue weighted by molar-refractivity contribution is 8.76. The minimum atomic E-state index is -0.679. The van der Waals surface area contributed by atoms with Gasteiger partial charge in [0.15, 0.2) is 0 Å². The lowest BCUT2D eigenvalue weighted by atomic mass is 9.95. The van der Waals surface area contributed by atoms with E-state index in [4.69, 9.17) is 0 Å². The number of hydrogen-bond acceptors (Lipinski definition) is 6. The summed E-state index contributed by atoms with van der Waals surface area (Å²) in [6.07, 6.45) is 0. The lowest BCUT2D eigenvalue weighted by Crippen LogP contribution is -2.51. The van der Waals surface area contributed by atoms with Gasteiger partial charge >= 0.3 is 0 Å². The normalized spacial score (nSPS) is 13.7. The fourth-order valence-corrected chi connectivity index (χ4v) is 4.27. The van der Waals surface area contributed by atoms with Crippen molar-refractivity contribution in [1.29, 1.82) is 0 Å². The molecule has 174 valence electrons. The Hall–Kier alpha value is -1.42. The van der Waals surface area contributed by atoms with Crippen LogP contribution in [0, 0.1) is 10.8 Å². The zero-order chi connectivity index (χ0) is 23.5. The van der Waals surface area contributed by atoms with E-state index in [1.54, 1.807) is 41.5 Å².